The van der Waals surface area contributed by atoms with Gasteiger partial charge in [-0.3, -0.25) is 0 Å². The number of hydrogen-bond acceptors (Lipinski definition) is 8. The van der Waals surface area contributed by atoms with E-state index in [0.717, 1.165) is 6.61 Å². The molecule has 2 saturated heterocycles. The fourth-order valence-electron chi connectivity index (χ4n) is 2.62. The molecular formula is C17H32O8. The molecule has 2 N–H and O–H groups in total. The molecule has 2 aliphatic heterocycles. The molecular weight excluding hydrogens is 332 g/mol. The Balaban J connectivity index is 1.75. The molecule has 4 atom stereocenters. The summed E-state index contributed by atoms with van der Waals surface area (Å²) < 4.78 is 32.9. The van der Waals surface area contributed by atoms with E-state index >= 15 is 0 Å². The zero-order valence-corrected chi connectivity index (χ0v) is 15.6. The van der Waals surface area contributed by atoms with Crippen LogP contribution in [0.15, 0.2) is 0 Å². The molecule has 2 unspecified atom stereocenters. The van der Waals surface area contributed by atoms with E-state index in [4.69, 9.17) is 28.4 Å². The third-order valence-corrected chi connectivity index (χ3v) is 3.83. The Kier molecular flexibility index (Phi) is 7.60. The van der Waals surface area contributed by atoms with E-state index in [1.165, 1.54) is 0 Å². The molecule has 8 nitrogen and oxygen atoms in total. The molecule has 0 saturated carbocycles. The minimum absolute atomic E-state index is 0.226. The molecule has 0 spiro atoms. The maximum absolute atomic E-state index is 10.1. The van der Waals surface area contributed by atoms with Gasteiger partial charge < -0.3 is 38.6 Å². The van der Waals surface area contributed by atoms with Gasteiger partial charge in [0.15, 0.2) is 17.9 Å². The van der Waals surface area contributed by atoms with Gasteiger partial charge in [0.2, 0.25) is 0 Å². The van der Waals surface area contributed by atoms with Crippen LogP contribution >= 0.6 is 0 Å². The Bertz CT molecular complexity index is 391. The summed E-state index contributed by atoms with van der Waals surface area (Å²) >= 11 is 0. The lowest BCUT2D eigenvalue weighted by atomic mass is 10.1. The van der Waals surface area contributed by atoms with Crippen LogP contribution in [0.4, 0.5) is 0 Å². The van der Waals surface area contributed by atoms with Crippen LogP contribution in [0.25, 0.3) is 0 Å². The third kappa shape index (κ3) is 8.27. The van der Waals surface area contributed by atoms with Crippen molar-refractivity contribution >= 4 is 0 Å². The van der Waals surface area contributed by atoms with Crippen LogP contribution in [-0.2, 0) is 28.4 Å². The van der Waals surface area contributed by atoms with Gasteiger partial charge in [0.1, 0.15) is 12.2 Å². The molecule has 0 aliphatic carbocycles. The summed E-state index contributed by atoms with van der Waals surface area (Å²) in [6.45, 7) is 9.23. The lowest BCUT2D eigenvalue weighted by Gasteiger charge is -2.26. The van der Waals surface area contributed by atoms with Crippen LogP contribution in [-0.4, -0.2) is 79.4 Å². The van der Waals surface area contributed by atoms with Crippen LogP contribution in [0.5, 0.6) is 0 Å². The Hall–Kier alpha value is -0.320. The topological polar surface area (TPSA) is 99.1 Å². The smallest absolute Gasteiger partial charge is 0.187 e. The molecule has 2 heterocycles. The van der Waals surface area contributed by atoms with Gasteiger partial charge in [0.05, 0.1) is 39.1 Å². The Labute approximate surface area is 149 Å². The predicted molar refractivity (Wildman–Crippen MR) is 87.8 cm³/mol. The Morgan fingerprint density at radius 2 is 1.92 bits per heavy atom. The van der Waals surface area contributed by atoms with Crippen LogP contribution in [0, 0.1) is 0 Å². The van der Waals surface area contributed by atoms with E-state index in [1.54, 1.807) is 27.7 Å². The number of rotatable bonds is 12. The average Bonchev–Trinajstić information content (AvgIpc) is 3.25. The normalized spacial score (nSPS) is 29.8. The summed E-state index contributed by atoms with van der Waals surface area (Å²) in [6, 6.07) is 0. The van der Waals surface area contributed by atoms with Gasteiger partial charge in [-0.2, -0.15) is 0 Å². The summed E-state index contributed by atoms with van der Waals surface area (Å²) in [5.41, 5.74) is 0. The molecule has 25 heavy (non-hydrogen) atoms. The van der Waals surface area contributed by atoms with Gasteiger partial charge >= 0.3 is 0 Å². The van der Waals surface area contributed by atoms with E-state index in [2.05, 4.69) is 0 Å². The zero-order valence-electron chi connectivity index (χ0n) is 15.6. The number of ether oxygens (including phenoxy) is 6. The highest BCUT2D eigenvalue weighted by Crippen LogP contribution is 2.31. The van der Waals surface area contributed by atoms with Crippen LogP contribution in [0.1, 0.15) is 40.5 Å². The van der Waals surface area contributed by atoms with Crippen molar-refractivity contribution in [3.05, 3.63) is 0 Å². The highest BCUT2D eigenvalue weighted by atomic mass is 16.8. The number of hydrogen-bond donors (Lipinski definition) is 2. The standard InChI is InChI=1S/C17H32O8/c1-16(2,19)23-7-5-6-13(14-15(18)25-17(3,4)24-14)21-9-8-20-10-12-11-22-12/h12-15,18-19H,5-11H2,1-4H3/t12?,13?,14-,15-/m1/s1. The highest BCUT2D eigenvalue weighted by Gasteiger charge is 2.44. The summed E-state index contributed by atoms with van der Waals surface area (Å²) in [6.07, 6.45) is -0.506. The lowest BCUT2D eigenvalue weighted by Crippen LogP contribution is -2.38. The fourth-order valence-corrected chi connectivity index (χ4v) is 2.62. The van der Waals surface area contributed by atoms with Gasteiger partial charge in [-0.05, 0) is 40.5 Å². The molecule has 0 amide bonds. The first-order valence-corrected chi connectivity index (χ1v) is 8.87. The largest absolute Gasteiger partial charge is 0.376 e. The summed E-state index contributed by atoms with van der Waals surface area (Å²) in [7, 11) is 0. The van der Waals surface area contributed by atoms with Crippen molar-refractivity contribution in [1.29, 1.82) is 0 Å². The molecule has 0 radical (unpaired) electrons. The van der Waals surface area contributed by atoms with Crippen molar-refractivity contribution in [1.82, 2.24) is 0 Å². The molecule has 0 aromatic heterocycles. The van der Waals surface area contributed by atoms with Gasteiger partial charge in [0.25, 0.3) is 0 Å². The first-order valence-electron chi connectivity index (χ1n) is 8.87. The highest BCUT2D eigenvalue weighted by molar-refractivity contribution is 4.82. The van der Waals surface area contributed by atoms with Crippen molar-refractivity contribution in [2.45, 2.75) is 76.7 Å². The summed E-state index contributed by atoms with van der Waals surface area (Å²) in [5, 5.41) is 19.7. The number of aliphatic hydroxyl groups excluding tert-OH is 1. The van der Waals surface area contributed by atoms with E-state index < -0.39 is 24.0 Å². The van der Waals surface area contributed by atoms with Gasteiger partial charge in [-0.1, -0.05) is 0 Å². The van der Waals surface area contributed by atoms with Crippen molar-refractivity contribution in [2.24, 2.45) is 0 Å². The number of aliphatic hydroxyl groups is 2. The zero-order chi connectivity index (χ0) is 18.5. The monoisotopic (exact) mass is 364 g/mol. The maximum Gasteiger partial charge on any atom is 0.187 e. The van der Waals surface area contributed by atoms with Gasteiger partial charge in [0, 0.05) is 0 Å². The Morgan fingerprint density at radius 3 is 2.48 bits per heavy atom. The fraction of sp³-hybridized carbons (Fsp3) is 1.00. The second-order valence-corrected chi connectivity index (χ2v) is 7.37. The van der Waals surface area contributed by atoms with Crippen molar-refractivity contribution in [2.75, 3.05) is 33.0 Å². The molecule has 2 fully saturated rings. The Morgan fingerprint density at radius 1 is 1.20 bits per heavy atom. The van der Waals surface area contributed by atoms with E-state index in [-0.39, 0.29) is 12.2 Å². The van der Waals surface area contributed by atoms with Gasteiger partial charge in [-0.15, -0.1) is 0 Å². The van der Waals surface area contributed by atoms with E-state index in [1.807, 2.05) is 0 Å². The molecule has 0 aromatic rings. The van der Waals surface area contributed by atoms with E-state index in [0.29, 0.717) is 39.3 Å². The lowest BCUT2D eigenvalue weighted by molar-refractivity contribution is -0.180. The third-order valence-electron chi connectivity index (χ3n) is 3.83. The minimum atomic E-state index is -1.16. The molecule has 0 bridgehead atoms. The first kappa shape index (κ1) is 21.0. The molecule has 2 aliphatic rings. The maximum atomic E-state index is 10.1. The molecule has 0 aromatic carbocycles. The summed E-state index contributed by atoms with van der Waals surface area (Å²) in [4.78, 5) is 0. The molecule has 8 heteroatoms. The first-order chi connectivity index (χ1) is 11.7. The number of epoxide rings is 1. The second kappa shape index (κ2) is 9.05. The summed E-state index contributed by atoms with van der Waals surface area (Å²) in [5.74, 6) is -2.02. The van der Waals surface area contributed by atoms with Crippen LogP contribution < -0.4 is 0 Å². The quantitative estimate of drug-likeness (QED) is 0.298. The van der Waals surface area contributed by atoms with Crippen LogP contribution in [0.2, 0.25) is 0 Å². The predicted octanol–water partition coefficient (Wildman–Crippen LogP) is 0.782. The van der Waals surface area contributed by atoms with E-state index in [9.17, 15) is 10.2 Å². The van der Waals surface area contributed by atoms with Crippen molar-refractivity contribution < 1.29 is 38.6 Å². The average molecular weight is 364 g/mol. The SMILES string of the molecule is CC(C)(O)OCCCC(OCCOCC1CO1)[C@H]1OC(C)(C)O[C@H]1O. The minimum Gasteiger partial charge on any atom is -0.376 e. The molecule has 148 valence electrons. The second-order valence-electron chi connectivity index (χ2n) is 7.37. The van der Waals surface area contributed by atoms with Crippen LogP contribution in [0.3, 0.4) is 0 Å². The van der Waals surface area contributed by atoms with Crippen molar-refractivity contribution in [3.63, 3.8) is 0 Å². The van der Waals surface area contributed by atoms with Gasteiger partial charge in [-0.25, -0.2) is 0 Å². The van der Waals surface area contributed by atoms with Crippen molar-refractivity contribution in [3.8, 4) is 0 Å². The molecule has 2 rings (SSSR count).